The third kappa shape index (κ3) is 3.56. The molecule has 0 saturated heterocycles. The minimum atomic E-state index is -1.16. The van der Waals surface area contributed by atoms with Gasteiger partial charge in [0, 0.05) is 30.2 Å². The minimum Gasteiger partial charge on any atom is -0.502 e. The Bertz CT molecular complexity index is 1370. The maximum absolute atomic E-state index is 11.5. The van der Waals surface area contributed by atoms with Gasteiger partial charge in [-0.3, -0.25) is 20.2 Å². The summed E-state index contributed by atoms with van der Waals surface area (Å²) in [7, 11) is 0. The van der Waals surface area contributed by atoms with Crippen LogP contribution in [0.4, 0.5) is 11.4 Å². The molecule has 10 rings (SSSR count). The van der Waals surface area contributed by atoms with Crippen LogP contribution in [0.2, 0.25) is 0 Å². The van der Waals surface area contributed by atoms with Gasteiger partial charge in [0.15, 0.2) is 11.5 Å². The first-order chi connectivity index (χ1) is 20.1. The van der Waals surface area contributed by atoms with Crippen LogP contribution in [0.5, 0.6) is 23.0 Å². The molecule has 10 heteroatoms. The molecular weight excluding hydrogens is 540 g/mol. The van der Waals surface area contributed by atoms with E-state index in [4.69, 9.17) is 9.47 Å². The molecule has 10 nitrogen and oxygen atoms in total. The fourth-order valence-electron chi connectivity index (χ4n) is 11.6. The molecule has 222 valence electrons. The van der Waals surface area contributed by atoms with Crippen LogP contribution >= 0.6 is 0 Å². The van der Waals surface area contributed by atoms with Gasteiger partial charge in [0.05, 0.1) is 15.3 Å². The monoisotopic (exact) mass is 576 g/mol. The number of rotatable bonds is 7. The van der Waals surface area contributed by atoms with Gasteiger partial charge in [-0.25, -0.2) is 0 Å². The number of benzene rings is 2. The number of aromatic hydroxyl groups is 2. The van der Waals surface area contributed by atoms with Crippen molar-refractivity contribution in [1.29, 1.82) is 0 Å². The summed E-state index contributed by atoms with van der Waals surface area (Å²) in [6.07, 6.45) is 12.4. The zero-order chi connectivity index (χ0) is 29.0. The van der Waals surface area contributed by atoms with Gasteiger partial charge in [-0.2, -0.15) is 0 Å². The van der Waals surface area contributed by atoms with Crippen LogP contribution in [0, 0.1) is 66.6 Å². The molecule has 2 unspecified atom stereocenters. The molecule has 2 aromatic rings. The van der Waals surface area contributed by atoms with Crippen molar-refractivity contribution in [2.75, 3.05) is 0 Å². The van der Waals surface area contributed by atoms with Gasteiger partial charge in [-0.05, 0) is 118 Å². The average Bonchev–Trinajstić information content (AvgIpc) is 2.90. The molecule has 8 aliphatic carbocycles. The zero-order valence-corrected chi connectivity index (χ0v) is 23.4. The number of hydrogen-bond donors (Lipinski definition) is 2. The predicted octanol–water partition coefficient (Wildman–Crippen LogP) is 7.11. The van der Waals surface area contributed by atoms with Crippen molar-refractivity contribution >= 4 is 11.4 Å². The number of ether oxygens (including phenoxy) is 2. The SMILES string of the molecule is O=[N+]([O-])c1ccc(OC2(Oc3ccc([N+](=O)[O-])c(O)c3)C3CC4CC(C3)CC2(C23CC5CC(CC(C5)C2)C3)C4)cc1O. The van der Waals surface area contributed by atoms with E-state index in [2.05, 4.69) is 0 Å². The fraction of sp³-hybridized carbons (Fsp3) is 0.625. The first kappa shape index (κ1) is 26.1. The molecule has 8 bridgehead atoms. The molecule has 8 fully saturated rings. The zero-order valence-electron chi connectivity index (χ0n) is 23.4. The van der Waals surface area contributed by atoms with Crippen molar-refractivity contribution in [2.45, 2.75) is 76.4 Å². The van der Waals surface area contributed by atoms with Crippen LogP contribution in [0.15, 0.2) is 36.4 Å². The smallest absolute Gasteiger partial charge is 0.310 e. The summed E-state index contributed by atoms with van der Waals surface area (Å²) in [5.74, 6) is 1.82. The second-order valence-corrected chi connectivity index (χ2v) is 14.5. The van der Waals surface area contributed by atoms with Gasteiger partial charge < -0.3 is 19.7 Å². The van der Waals surface area contributed by atoms with Crippen molar-refractivity contribution in [3.05, 3.63) is 56.6 Å². The van der Waals surface area contributed by atoms with Crippen LogP contribution < -0.4 is 9.47 Å². The van der Waals surface area contributed by atoms with Crippen molar-refractivity contribution in [3.8, 4) is 23.0 Å². The Morgan fingerprint density at radius 1 is 0.643 bits per heavy atom. The second-order valence-electron chi connectivity index (χ2n) is 14.5. The number of nitro groups is 2. The maximum atomic E-state index is 11.5. The van der Waals surface area contributed by atoms with E-state index >= 15 is 0 Å². The number of nitro benzene ring substituents is 2. The number of hydrogen-bond acceptors (Lipinski definition) is 8. The Kier molecular flexibility index (Phi) is 5.43. The molecule has 42 heavy (non-hydrogen) atoms. The van der Waals surface area contributed by atoms with E-state index < -0.39 is 38.5 Å². The number of nitrogens with zero attached hydrogens (tertiary/aromatic N) is 2. The summed E-state index contributed by atoms with van der Waals surface area (Å²) >= 11 is 0. The Hall–Kier alpha value is -3.56. The maximum Gasteiger partial charge on any atom is 0.310 e. The molecule has 0 spiro atoms. The molecule has 0 amide bonds. The normalized spacial score (nSPS) is 38.4. The lowest BCUT2D eigenvalue weighted by atomic mass is 9.33. The Labute approximate surface area is 243 Å². The van der Waals surface area contributed by atoms with Gasteiger partial charge in [-0.15, -0.1) is 0 Å². The summed E-state index contributed by atoms with van der Waals surface area (Å²) in [5.41, 5.74) is -1.08. The molecule has 0 radical (unpaired) electrons. The van der Waals surface area contributed by atoms with Crippen molar-refractivity contribution in [1.82, 2.24) is 0 Å². The quantitative estimate of drug-likeness (QED) is 0.201. The van der Waals surface area contributed by atoms with Crippen molar-refractivity contribution in [3.63, 3.8) is 0 Å². The molecule has 0 aliphatic heterocycles. The first-order valence-corrected chi connectivity index (χ1v) is 15.4. The molecule has 8 saturated carbocycles. The third-order valence-corrected chi connectivity index (χ3v) is 12.3. The van der Waals surface area contributed by atoms with Crippen LogP contribution in [0.1, 0.15) is 70.6 Å². The van der Waals surface area contributed by atoms with E-state index in [0.717, 1.165) is 44.9 Å². The molecule has 8 aliphatic rings. The molecule has 0 aromatic heterocycles. The standard InChI is InChI=1S/C32H36N2O8/c35-28-11-24(1-3-26(28)33(37)38)41-32(42-25-2-4-27(34(39)40)29(36)12-25)23-9-21-8-22(10-23)17-31(32,16-21)30-13-18-5-19(14-30)7-20(6-18)15-30/h1-4,11-12,18-23,35-36H,5-10,13-17H2. The highest BCUT2D eigenvalue weighted by molar-refractivity contribution is 5.51. The van der Waals surface area contributed by atoms with E-state index in [1.54, 1.807) is 0 Å². The van der Waals surface area contributed by atoms with E-state index in [0.29, 0.717) is 41.1 Å². The Morgan fingerprint density at radius 2 is 1.05 bits per heavy atom. The summed E-state index contributed by atoms with van der Waals surface area (Å²) in [5, 5.41) is 44.0. The molecule has 0 heterocycles. The van der Waals surface area contributed by atoms with Gasteiger partial charge in [-0.1, -0.05) is 0 Å². The van der Waals surface area contributed by atoms with Crippen molar-refractivity contribution < 1.29 is 29.5 Å². The van der Waals surface area contributed by atoms with Gasteiger partial charge in [0.2, 0.25) is 0 Å². The lowest BCUT2D eigenvalue weighted by Gasteiger charge is -2.74. The highest BCUT2D eigenvalue weighted by atomic mass is 16.7. The predicted molar refractivity (Wildman–Crippen MR) is 150 cm³/mol. The van der Waals surface area contributed by atoms with E-state index in [9.17, 15) is 30.4 Å². The van der Waals surface area contributed by atoms with Crippen LogP contribution in [-0.2, 0) is 0 Å². The van der Waals surface area contributed by atoms with Crippen LogP contribution in [-0.4, -0.2) is 25.8 Å². The van der Waals surface area contributed by atoms with E-state index in [1.807, 2.05) is 0 Å². The summed E-state index contributed by atoms with van der Waals surface area (Å²) in [6, 6.07) is 8.24. The lowest BCUT2D eigenvalue weighted by molar-refractivity contribution is -0.386. The first-order valence-electron chi connectivity index (χ1n) is 15.4. The average molecular weight is 577 g/mol. The number of phenolic OH excluding ortho intramolecular Hbond substituents is 2. The van der Waals surface area contributed by atoms with Crippen LogP contribution in [0.3, 0.4) is 0 Å². The Balaban J connectivity index is 1.30. The minimum absolute atomic E-state index is 0.0312. The molecular formula is C32H36N2O8. The highest BCUT2D eigenvalue weighted by Crippen LogP contribution is 2.78. The highest BCUT2D eigenvalue weighted by Gasteiger charge is 2.77. The topological polar surface area (TPSA) is 145 Å². The molecule has 2 atom stereocenters. The molecule has 2 N–H and O–H groups in total. The van der Waals surface area contributed by atoms with Gasteiger partial charge >= 0.3 is 11.4 Å². The Morgan fingerprint density at radius 3 is 1.43 bits per heavy atom. The second kappa shape index (κ2) is 8.74. The lowest BCUT2D eigenvalue weighted by Crippen LogP contribution is -2.76. The fourth-order valence-corrected chi connectivity index (χ4v) is 11.6. The summed E-state index contributed by atoms with van der Waals surface area (Å²) in [6.45, 7) is 0. The summed E-state index contributed by atoms with van der Waals surface area (Å²) in [4.78, 5) is 21.7. The molecule has 2 aromatic carbocycles. The van der Waals surface area contributed by atoms with E-state index in [-0.39, 0.29) is 16.7 Å². The summed E-state index contributed by atoms with van der Waals surface area (Å²) < 4.78 is 14.2. The van der Waals surface area contributed by atoms with Crippen molar-refractivity contribution in [2.24, 2.45) is 46.3 Å². The largest absolute Gasteiger partial charge is 0.502 e. The van der Waals surface area contributed by atoms with Crippen LogP contribution in [0.25, 0.3) is 0 Å². The third-order valence-electron chi connectivity index (χ3n) is 12.3. The number of phenols is 2. The van der Waals surface area contributed by atoms with Gasteiger partial charge in [0.25, 0.3) is 5.79 Å². The van der Waals surface area contributed by atoms with E-state index in [1.165, 1.54) is 62.1 Å². The van der Waals surface area contributed by atoms with Gasteiger partial charge in [0.1, 0.15) is 11.5 Å².